The topological polar surface area (TPSA) is 165 Å². The molecule has 0 amide bonds. The van der Waals surface area contributed by atoms with Crippen molar-refractivity contribution in [2.24, 2.45) is 0 Å². The summed E-state index contributed by atoms with van der Waals surface area (Å²) in [6.07, 6.45) is 3.04. The zero-order valence-corrected chi connectivity index (χ0v) is 37.3. The summed E-state index contributed by atoms with van der Waals surface area (Å²) in [6.45, 7) is 8.90. The summed E-state index contributed by atoms with van der Waals surface area (Å²) in [5, 5.41) is 0. The molecule has 0 bridgehead atoms. The van der Waals surface area contributed by atoms with Crippen LogP contribution in [0.3, 0.4) is 0 Å². The van der Waals surface area contributed by atoms with E-state index in [0.717, 1.165) is 22.3 Å². The van der Waals surface area contributed by atoms with Crippen molar-refractivity contribution in [2.75, 3.05) is 126 Å². The van der Waals surface area contributed by atoms with Gasteiger partial charge in [0, 0.05) is 18.7 Å². The molecule has 0 spiro atoms. The lowest BCUT2D eigenvalue weighted by Crippen LogP contribution is -2.26. The number of hydrogen-bond donors (Lipinski definition) is 1. The summed E-state index contributed by atoms with van der Waals surface area (Å²) >= 11 is 5.90. The highest BCUT2D eigenvalue weighted by Gasteiger charge is 2.17. The number of fused-ring (bicyclic) bond motifs is 1. The highest BCUT2D eigenvalue weighted by atomic mass is 32.1. The molecule has 2 heterocycles. The van der Waals surface area contributed by atoms with E-state index in [0.29, 0.717) is 141 Å². The van der Waals surface area contributed by atoms with E-state index in [1.165, 1.54) is 6.08 Å². The number of ether oxygens (including phenoxy) is 10. The zero-order chi connectivity index (χ0) is 44.9. The van der Waals surface area contributed by atoms with Gasteiger partial charge in [-0.05, 0) is 35.0 Å². The standard InChI is InChI=1S/C47H60N4O12S/c1-54-18-19-55-20-21-56-22-23-57-24-25-58-26-27-59-28-29-60-30-31-61-32-33-62-34-35-63-42(52)17-14-38-12-15-41(16-13-38)44-48-43-45(49-44)50(36-39-8-4-2-5-9-39)47(64)51(46(43)53)37-40-10-6-3-7-11-40/h2-17H,18-37H2,1H3,(H,48,49). The van der Waals surface area contributed by atoms with Crippen LogP contribution in [0.1, 0.15) is 16.7 Å². The highest BCUT2D eigenvalue weighted by molar-refractivity contribution is 7.71. The predicted octanol–water partition coefficient (Wildman–Crippen LogP) is 5.35. The van der Waals surface area contributed by atoms with E-state index in [9.17, 15) is 9.59 Å². The molecular weight excluding hydrogens is 845 g/mol. The number of carbonyl (C=O) groups is 1. The van der Waals surface area contributed by atoms with E-state index in [4.69, 9.17) is 64.6 Å². The Labute approximate surface area is 378 Å². The molecule has 0 aliphatic carbocycles. The lowest BCUT2D eigenvalue weighted by atomic mass is 10.1. The van der Waals surface area contributed by atoms with Gasteiger partial charge in [0.1, 0.15) is 17.9 Å². The van der Waals surface area contributed by atoms with Crippen LogP contribution in [0.25, 0.3) is 28.6 Å². The van der Waals surface area contributed by atoms with Crippen molar-refractivity contribution in [3.63, 3.8) is 0 Å². The third-order valence-corrected chi connectivity index (χ3v) is 9.77. The van der Waals surface area contributed by atoms with Crippen LogP contribution >= 0.6 is 12.2 Å². The van der Waals surface area contributed by atoms with Crippen LogP contribution in [0, 0.1) is 4.77 Å². The Kier molecular flexibility index (Phi) is 23.7. The Bertz CT molecular complexity index is 2200. The van der Waals surface area contributed by atoms with Gasteiger partial charge in [-0.1, -0.05) is 84.9 Å². The molecule has 5 rings (SSSR count). The summed E-state index contributed by atoms with van der Waals surface area (Å²) in [4.78, 5) is 34.3. The molecule has 16 nitrogen and oxygen atoms in total. The summed E-state index contributed by atoms with van der Waals surface area (Å²) < 4.78 is 57.7. The quantitative estimate of drug-likeness (QED) is 0.0243. The Hall–Kier alpha value is -4.92. The normalized spacial score (nSPS) is 11.6. The first-order valence-corrected chi connectivity index (χ1v) is 21.8. The molecule has 0 fully saturated rings. The van der Waals surface area contributed by atoms with Crippen LogP contribution in [0.5, 0.6) is 0 Å². The minimum Gasteiger partial charge on any atom is -0.460 e. The second-order valence-electron chi connectivity index (χ2n) is 14.0. The van der Waals surface area contributed by atoms with E-state index in [1.54, 1.807) is 17.8 Å². The van der Waals surface area contributed by atoms with Gasteiger partial charge < -0.3 is 52.4 Å². The van der Waals surface area contributed by atoms with Gasteiger partial charge in [0.2, 0.25) is 0 Å². The van der Waals surface area contributed by atoms with Gasteiger partial charge in [-0.2, -0.15) is 0 Å². The van der Waals surface area contributed by atoms with Crippen LogP contribution in [0.2, 0.25) is 0 Å². The second kappa shape index (κ2) is 30.3. The Morgan fingerprint density at radius 3 is 1.45 bits per heavy atom. The molecule has 17 heteroatoms. The van der Waals surface area contributed by atoms with Gasteiger partial charge in [-0.15, -0.1) is 0 Å². The number of carbonyl (C=O) groups excluding carboxylic acids is 1. The Morgan fingerprint density at radius 2 is 1.00 bits per heavy atom. The Balaban J connectivity index is 0.898. The fourth-order valence-electron chi connectivity index (χ4n) is 6.07. The van der Waals surface area contributed by atoms with Gasteiger partial charge in [0.15, 0.2) is 10.4 Å². The third-order valence-electron chi connectivity index (χ3n) is 9.33. The maximum absolute atomic E-state index is 13.8. The zero-order valence-electron chi connectivity index (χ0n) is 36.5. The molecule has 0 saturated carbocycles. The molecule has 0 aliphatic rings. The molecule has 64 heavy (non-hydrogen) atoms. The number of aromatic amines is 1. The molecule has 0 unspecified atom stereocenters. The van der Waals surface area contributed by atoms with Gasteiger partial charge in [-0.25, -0.2) is 9.78 Å². The van der Waals surface area contributed by atoms with Crippen molar-refractivity contribution in [1.82, 2.24) is 19.1 Å². The molecular formula is C47H60N4O12S. The number of nitrogens with one attached hydrogen (secondary N) is 1. The fourth-order valence-corrected chi connectivity index (χ4v) is 6.37. The third kappa shape index (κ3) is 18.3. The molecule has 3 aromatic carbocycles. The highest BCUT2D eigenvalue weighted by Crippen LogP contribution is 2.21. The molecule has 346 valence electrons. The number of hydrogen-bond acceptors (Lipinski definition) is 14. The molecule has 2 aromatic heterocycles. The van der Waals surface area contributed by atoms with Gasteiger partial charge in [-0.3, -0.25) is 13.9 Å². The molecule has 0 atom stereocenters. The predicted molar refractivity (Wildman–Crippen MR) is 244 cm³/mol. The first-order chi connectivity index (χ1) is 31.5. The number of rotatable bonds is 34. The number of benzene rings is 3. The largest absolute Gasteiger partial charge is 0.460 e. The minimum atomic E-state index is -0.483. The molecule has 5 aromatic rings. The summed E-state index contributed by atoms with van der Waals surface area (Å²) in [7, 11) is 1.64. The summed E-state index contributed by atoms with van der Waals surface area (Å²) in [6, 6.07) is 27.2. The maximum Gasteiger partial charge on any atom is 0.330 e. The first-order valence-electron chi connectivity index (χ1n) is 21.4. The number of nitrogens with zero attached hydrogens (tertiary/aromatic N) is 3. The number of esters is 1. The van der Waals surface area contributed by atoms with Crippen LogP contribution in [-0.2, 0) is 65.3 Å². The SMILES string of the molecule is COCCOCCOCCOCCOCCOCCOCCOCCOCCOC(=O)C=Cc1ccc(-c2nc3c([nH]2)c(=O)n(Cc2ccccc2)c(=S)n3Cc2ccccc2)cc1. The van der Waals surface area contributed by atoms with Crippen LogP contribution in [0.4, 0.5) is 0 Å². The van der Waals surface area contributed by atoms with E-state index in [-0.39, 0.29) is 18.8 Å². The smallest absolute Gasteiger partial charge is 0.330 e. The van der Waals surface area contributed by atoms with Crippen molar-refractivity contribution in [3.8, 4) is 11.4 Å². The molecule has 0 saturated heterocycles. The van der Waals surface area contributed by atoms with E-state index in [1.807, 2.05) is 89.5 Å². The van der Waals surface area contributed by atoms with Gasteiger partial charge in [0.25, 0.3) is 5.56 Å². The van der Waals surface area contributed by atoms with Crippen molar-refractivity contribution in [1.29, 1.82) is 0 Å². The fraction of sp³-hybridized carbons (Fsp3) is 0.447. The van der Waals surface area contributed by atoms with Crippen molar-refractivity contribution >= 4 is 35.4 Å². The molecule has 1 N–H and O–H groups in total. The average molecular weight is 905 g/mol. The Morgan fingerprint density at radius 1 is 0.578 bits per heavy atom. The monoisotopic (exact) mass is 904 g/mol. The molecule has 0 aliphatic heterocycles. The van der Waals surface area contributed by atoms with Gasteiger partial charge >= 0.3 is 5.97 Å². The van der Waals surface area contributed by atoms with E-state index >= 15 is 0 Å². The summed E-state index contributed by atoms with van der Waals surface area (Å²) in [5.41, 5.74) is 4.17. The average Bonchev–Trinajstić information content (AvgIpc) is 3.77. The lowest BCUT2D eigenvalue weighted by molar-refractivity contribution is -0.139. The van der Waals surface area contributed by atoms with Crippen LogP contribution in [-0.4, -0.2) is 151 Å². The number of H-pyrrole nitrogens is 1. The lowest BCUT2D eigenvalue weighted by Gasteiger charge is -2.13. The van der Waals surface area contributed by atoms with Crippen molar-refractivity contribution in [2.45, 2.75) is 13.1 Å². The van der Waals surface area contributed by atoms with Crippen molar-refractivity contribution in [3.05, 3.63) is 123 Å². The van der Waals surface area contributed by atoms with E-state index < -0.39 is 5.97 Å². The van der Waals surface area contributed by atoms with Crippen LogP contribution in [0.15, 0.2) is 95.8 Å². The number of imidazole rings is 1. The van der Waals surface area contributed by atoms with Gasteiger partial charge in [0.05, 0.1) is 125 Å². The number of methoxy groups -OCH3 is 1. The first kappa shape index (κ1) is 50.1. The van der Waals surface area contributed by atoms with Crippen LogP contribution < -0.4 is 5.56 Å². The number of aromatic nitrogens is 4. The van der Waals surface area contributed by atoms with Crippen molar-refractivity contribution < 1.29 is 52.2 Å². The second-order valence-corrected chi connectivity index (χ2v) is 14.4. The van der Waals surface area contributed by atoms with E-state index in [2.05, 4.69) is 4.98 Å². The molecule has 0 radical (unpaired) electrons. The maximum atomic E-state index is 13.8. The summed E-state index contributed by atoms with van der Waals surface area (Å²) in [5.74, 6) is 0.0476. The minimum absolute atomic E-state index is 0.113.